The van der Waals surface area contributed by atoms with E-state index in [0.29, 0.717) is 114 Å². The zero-order chi connectivity index (χ0) is 49.6. The predicted molar refractivity (Wildman–Crippen MR) is 269 cm³/mol. The van der Waals surface area contributed by atoms with Gasteiger partial charge >= 0.3 is 0 Å². The number of thiazole rings is 1. The van der Waals surface area contributed by atoms with Crippen LogP contribution in [0.1, 0.15) is 94.7 Å². The number of hydrogen-bond donors (Lipinski definition) is 3. The Morgan fingerprint density at radius 2 is 1.74 bits per heavy atom. The van der Waals surface area contributed by atoms with E-state index in [4.69, 9.17) is 18.6 Å². The van der Waals surface area contributed by atoms with Crippen molar-refractivity contribution in [2.24, 2.45) is 0 Å². The van der Waals surface area contributed by atoms with Crippen LogP contribution in [-0.4, -0.2) is 146 Å². The van der Waals surface area contributed by atoms with E-state index in [2.05, 4.69) is 58.2 Å². The number of likely N-dealkylation sites (tertiary alicyclic amines) is 1. The Kier molecular flexibility index (Phi) is 18.6. The number of anilines is 2. The molecule has 2 fully saturated rings. The first-order chi connectivity index (χ1) is 33.7. The maximum atomic E-state index is 13.5. The van der Waals surface area contributed by atoms with E-state index >= 15 is 0 Å². The fourth-order valence-corrected chi connectivity index (χ4v) is 9.93. The molecule has 5 heterocycles. The maximum absolute atomic E-state index is 13.5. The molecular formula is C51H64N8O9S2. The third kappa shape index (κ3) is 14.4. The number of likely N-dealkylation sites (N-methyl/N-ethyl adjacent to an activating group) is 1. The summed E-state index contributed by atoms with van der Waals surface area (Å²) in [5, 5.41) is 10.2. The zero-order valence-corrected chi connectivity index (χ0v) is 42.1. The Morgan fingerprint density at radius 3 is 2.49 bits per heavy atom. The van der Waals surface area contributed by atoms with Crippen molar-refractivity contribution in [3.63, 3.8) is 0 Å². The highest BCUT2D eigenvalue weighted by Crippen LogP contribution is 2.34. The number of allylic oxidation sites excluding steroid dienone is 2. The number of fused-ring (bicyclic) bond motifs is 1. The van der Waals surface area contributed by atoms with Crippen molar-refractivity contribution in [1.82, 2.24) is 30.0 Å². The largest absolute Gasteiger partial charge is 0.444 e. The van der Waals surface area contributed by atoms with E-state index in [1.807, 2.05) is 48.5 Å². The molecule has 374 valence electrons. The number of imide groups is 1. The van der Waals surface area contributed by atoms with E-state index < -0.39 is 23.8 Å². The van der Waals surface area contributed by atoms with Crippen LogP contribution in [0.5, 0.6) is 0 Å². The van der Waals surface area contributed by atoms with Gasteiger partial charge in [-0.2, -0.15) is 0 Å². The van der Waals surface area contributed by atoms with Crippen molar-refractivity contribution in [3.05, 3.63) is 113 Å². The molecule has 1 unspecified atom stereocenters. The van der Waals surface area contributed by atoms with Gasteiger partial charge in [-0.15, -0.1) is 11.8 Å². The second-order valence-electron chi connectivity index (χ2n) is 18.5. The smallest absolute Gasteiger partial charge is 0.264 e. The summed E-state index contributed by atoms with van der Waals surface area (Å²) < 4.78 is 24.0. The molecular weight excluding hydrogens is 933 g/mol. The highest BCUT2D eigenvalue weighted by Gasteiger charge is 2.45. The van der Waals surface area contributed by atoms with Crippen molar-refractivity contribution < 1.29 is 42.6 Å². The van der Waals surface area contributed by atoms with Crippen molar-refractivity contribution in [2.75, 3.05) is 90.0 Å². The minimum Gasteiger partial charge on any atom is -0.444 e. The SMILES string of the molecule is C=C1CCC(N2C(=O)c3cccc(NCCOCCOCCOCCN(C)C/C=C/C(=O)Cc4ccc(C(=O)N5CCC[C@@H](Nc6ncc(SCc7ncc(C(C)(C)C)o7)s6)C5)cc4)c3C2=O)C(=O)N1. The molecule has 2 saturated heterocycles. The number of carbonyl (C=O) groups is 5. The molecule has 0 bridgehead atoms. The van der Waals surface area contributed by atoms with Gasteiger partial charge in [0.05, 0.1) is 73.1 Å². The number of carbonyl (C=O) groups excluding carboxylic acids is 5. The fourth-order valence-electron chi connectivity index (χ4n) is 8.13. The number of nitrogens with zero attached hydrogens (tertiary/aromatic N) is 5. The van der Waals surface area contributed by atoms with E-state index in [1.165, 1.54) is 0 Å². The lowest BCUT2D eigenvalue weighted by Crippen LogP contribution is -2.51. The van der Waals surface area contributed by atoms with Crippen LogP contribution in [0.4, 0.5) is 10.8 Å². The molecule has 3 aliphatic rings. The molecule has 7 rings (SSSR count). The fraction of sp³-hybridized carbons (Fsp3) is 0.471. The summed E-state index contributed by atoms with van der Waals surface area (Å²) in [7, 11) is 1.96. The quantitative estimate of drug-likeness (QED) is 0.0278. The van der Waals surface area contributed by atoms with Gasteiger partial charge in [-0.25, -0.2) is 9.97 Å². The van der Waals surface area contributed by atoms with Crippen LogP contribution < -0.4 is 16.0 Å². The molecule has 0 aliphatic carbocycles. The van der Waals surface area contributed by atoms with Gasteiger partial charge in [0.15, 0.2) is 10.9 Å². The van der Waals surface area contributed by atoms with Crippen molar-refractivity contribution in [2.45, 2.75) is 80.3 Å². The summed E-state index contributed by atoms with van der Waals surface area (Å²) in [6.07, 6.45) is 10.1. The lowest BCUT2D eigenvalue weighted by molar-refractivity contribution is -0.125. The third-order valence-corrected chi connectivity index (χ3v) is 14.1. The average Bonchev–Trinajstić information content (AvgIpc) is 4.07. The summed E-state index contributed by atoms with van der Waals surface area (Å²) in [4.78, 5) is 79.2. The molecule has 3 aliphatic heterocycles. The van der Waals surface area contributed by atoms with Crippen LogP contribution >= 0.6 is 23.1 Å². The van der Waals surface area contributed by atoms with Crippen LogP contribution in [-0.2, 0) is 41.4 Å². The molecule has 2 atom stereocenters. The van der Waals surface area contributed by atoms with E-state index in [9.17, 15) is 24.0 Å². The number of oxazole rings is 1. The molecule has 4 aromatic rings. The van der Waals surface area contributed by atoms with Gasteiger partial charge in [0.25, 0.3) is 17.7 Å². The first-order valence-corrected chi connectivity index (χ1v) is 25.6. The topological polar surface area (TPSA) is 198 Å². The van der Waals surface area contributed by atoms with Gasteiger partial charge in [-0.1, -0.05) is 63.0 Å². The van der Waals surface area contributed by atoms with Gasteiger partial charge in [0.1, 0.15) is 11.8 Å². The normalized spacial score (nSPS) is 17.4. The van der Waals surface area contributed by atoms with Crippen LogP contribution in [0.2, 0.25) is 0 Å². The Bertz CT molecular complexity index is 2500. The zero-order valence-electron chi connectivity index (χ0n) is 40.5. The number of piperidine rings is 2. The van der Waals surface area contributed by atoms with Gasteiger partial charge in [-0.3, -0.25) is 28.9 Å². The van der Waals surface area contributed by atoms with Crippen LogP contribution in [0.15, 0.2) is 87.9 Å². The summed E-state index contributed by atoms with van der Waals surface area (Å²) in [6.45, 7) is 15.5. The van der Waals surface area contributed by atoms with Crippen molar-refractivity contribution in [3.8, 4) is 0 Å². The number of rotatable bonds is 25. The minimum atomic E-state index is -0.863. The summed E-state index contributed by atoms with van der Waals surface area (Å²) >= 11 is 3.24. The number of thioether (sulfide) groups is 1. The standard InChI is InChI=1S/C51H64N8O9S2/c1-34-13-18-41(46(61)55-34)59-48(63)39-11-6-12-40(45(39)49(59)64)52-19-23-65-25-27-67-28-26-66-24-22-57(5)20-8-10-38(60)29-35-14-16-36(17-15-35)47(62)58-21-7-9-37(32-58)56-50-54-31-44(70-50)69-33-43-53-30-42(68-43)51(2,3)4/h6,8,10-12,14-17,30-31,37,41,52H,1,7,9,13,18-29,32-33H2,2-5H3,(H,54,56)(H,55,61)/b10-8+/t37-,41?/m1/s1. The molecule has 2 aromatic heterocycles. The predicted octanol–water partition coefficient (Wildman–Crippen LogP) is 6.59. The van der Waals surface area contributed by atoms with Gasteiger partial charge < -0.3 is 44.4 Å². The second-order valence-corrected chi connectivity index (χ2v) is 20.8. The molecule has 19 heteroatoms. The Morgan fingerprint density at radius 1 is 0.986 bits per heavy atom. The Balaban J connectivity index is 0.701. The number of nitrogens with one attached hydrogen (secondary N) is 3. The molecule has 2 aromatic carbocycles. The van der Waals surface area contributed by atoms with Crippen LogP contribution in [0.25, 0.3) is 0 Å². The van der Waals surface area contributed by atoms with E-state index in [-0.39, 0.29) is 40.7 Å². The molecule has 3 N–H and O–H groups in total. The minimum absolute atomic E-state index is 0.0119. The highest BCUT2D eigenvalue weighted by molar-refractivity contribution is 8.00. The van der Waals surface area contributed by atoms with Crippen LogP contribution in [0.3, 0.4) is 0 Å². The number of aromatic nitrogens is 2. The highest BCUT2D eigenvalue weighted by atomic mass is 32.2. The number of amides is 4. The Labute approximate surface area is 417 Å². The number of ether oxygens (including phenoxy) is 3. The molecule has 4 amide bonds. The lowest BCUT2D eigenvalue weighted by Gasteiger charge is -2.33. The summed E-state index contributed by atoms with van der Waals surface area (Å²) in [6, 6.07) is 11.6. The summed E-state index contributed by atoms with van der Waals surface area (Å²) in [5.74, 6) is 0.814. The second kappa shape index (κ2) is 24.9. The van der Waals surface area contributed by atoms with Crippen molar-refractivity contribution >= 4 is 63.3 Å². The molecule has 0 radical (unpaired) electrons. The number of hydrogen-bond acceptors (Lipinski definition) is 16. The molecule has 17 nitrogen and oxygen atoms in total. The first-order valence-electron chi connectivity index (χ1n) is 23.8. The Hall–Kier alpha value is -5.70. The van der Waals surface area contributed by atoms with E-state index in [1.54, 1.807) is 53.6 Å². The van der Waals surface area contributed by atoms with Crippen molar-refractivity contribution in [1.29, 1.82) is 0 Å². The van der Waals surface area contributed by atoms with Crippen LogP contribution in [0, 0.1) is 0 Å². The number of benzene rings is 2. The lowest BCUT2D eigenvalue weighted by atomic mass is 9.94. The van der Waals surface area contributed by atoms with Gasteiger partial charge in [0, 0.05) is 67.5 Å². The van der Waals surface area contributed by atoms with E-state index in [0.717, 1.165) is 38.4 Å². The molecule has 0 saturated carbocycles. The summed E-state index contributed by atoms with van der Waals surface area (Å²) in [5.41, 5.74) is 3.01. The first kappa shape index (κ1) is 52.1. The molecule has 70 heavy (non-hydrogen) atoms. The van der Waals surface area contributed by atoms with Gasteiger partial charge in [0.2, 0.25) is 11.8 Å². The number of ketones is 1. The maximum Gasteiger partial charge on any atom is 0.264 e. The third-order valence-electron chi connectivity index (χ3n) is 12.0. The monoisotopic (exact) mass is 996 g/mol. The molecule has 0 spiro atoms. The average molecular weight is 997 g/mol. The van der Waals surface area contributed by atoms with Gasteiger partial charge in [-0.05, 0) is 68.6 Å².